The zero-order chi connectivity index (χ0) is 14.1. The molecule has 0 unspecified atom stereocenters. The molecular weight excluding hydrogens is 244 g/mol. The Bertz CT molecular complexity index is 409. The van der Waals surface area contributed by atoms with E-state index in [4.69, 9.17) is 14.2 Å². The molecule has 1 atom stereocenters. The average molecular weight is 264 g/mol. The van der Waals surface area contributed by atoms with Gasteiger partial charge in [0.1, 0.15) is 5.75 Å². The predicted octanol–water partition coefficient (Wildman–Crippen LogP) is 2.72. The maximum absolute atomic E-state index is 11.1. The van der Waals surface area contributed by atoms with Crippen molar-refractivity contribution in [1.29, 1.82) is 0 Å². The predicted molar refractivity (Wildman–Crippen MR) is 73.0 cm³/mol. The first kappa shape index (κ1) is 15.2. The van der Waals surface area contributed by atoms with Crippen molar-refractivity contribution in [1.82, 2.24) is 0 Å². The van der Waals surface area contributed by atoms with E-state index in [1.165, 1.54) is 6.08 Å². The van der Waals surface area contributed by atoms with Crippen LogP contribution >= 0.6 is 0 Å². The van der Waals surface area contributed by atoms with Crippen molar-refractivity contribution < 1.29 is 19.0 Å². The van der Waals surface area contributed by atoms with Crippen LogP contribution in [-0.4, -0.2) is 25.8 Å². The third-order valence-corrected chi connectivity index (χ3v) is 2.46. The van der Waals surface area contributed by atoms with E-state index in [-0.39, 0.29) is 12.1 Å². The minimum absolute atomic E-state index is 0.147. The highest BCUT2D eigenvalue weighted by atomic mass is 16.5. The van der Waals surface area contributed by atoms with Crippen molar-refractivity contribution in [3.63, 3.8) is 0 Å². The van der Waals surface area contributed by atoms with E-state index < -0.39 is 0 Å². The SMILES string of the molecule is CCOC(=O)/C=C\[C@H](C)OCc1ccc(OC)cc1. The highest BCUT2D eigenvalue weighted by Crippen LogP contribution is 2.12. The van der Waals surface area contributed by atoms with E-state index in [1.807, 2.05) is 31.2 Å². The molecule has 0 aliphatic rings. The summed E-state index contributed by atoms with van der Waals surface area (Å²) in [7, 11) is 1.63. The van der Waals surface area contributed by atoms with Crippen molar-refractivity contribution in [2.24, 2.45) is 0 Å². The van der Waals surface area contributed by atoms with E-state index in [9.17, 15) is 4.79 Å². The Kier molecular flexibility index (Phi) is 6.68. The van der Waals surface area contributed by atoms with Crippen LogP contribution in [0.4, 0.5) is 0 Å². The van der Waals surface area contributed by atoms with Gasteiger partial charge < -0.3 is 14.2 Å². The lowest BCUT2D eigenvalue weighted by atomic mass is 10.2. The first-order chi connectivity index (χ1) is 9.15. The van der Waals surface area contributed by atoms with Crippen LogP contribution in [0.15, 0.2) is 36.4 Å². The molecule has 0 spiro atoms. The number of esters is 1. The Hall–Kier alpha value is -1.81. The smallest absolute Gasteiger partial charge is 0.330 e. The van der Waals surface area contributed by atoms with Crippen LogP contribution in [0.2, 0.25) is 0 Å². The second-order valence-corrected chi connectivity index (χ2v) is 3.98. The molecule has 19 heavy (non-hydrogen) atoms. The molecule has 0 saturated heterocycles. The summed E-state index contributed by atoms with van der Waals surface area (Å²) in [6, 6.07) is 7.66. The van der Waals surface area contributed by atoms with Crippen LogP contribution in [0.1, 0.15) is 19.4 Å². The standard InChI is InChI=1S/C15H20O4/c1-4-18-15(16)10-5-12(2)19-11-13-6-8-14(17-3)9-7-13/h5-10,12H,4,11H2,1-3H3/b10-5-/t12-/m0/s1. The van der Waals surface area contributed by atoms with Gasteiger partial charge in [-0.1, -0.05) is 12.1 Å². The molecule has 0 N–H and O–H groups in total. The van der Waals surface area contributed by atoms with E-state index in [1.54, 1.807) is 20.1 Å². The molecule has 0 amide bonds. The number of carbonyl (C=O) groups is 1. The van der Waals surface area contributed by atoms with Crippen LogP contribution in [0.25, 0.3) is 0 Å². The van der Waals surface area contributed by atoms with Gasteiger partial charge in [-0.05, 0) is 37.6 Å². The van der Waals surface area contributed by atoms with Crippen molar-refractivity contribution in [3.8, 4) is 5.75 Å². The third kappa shape index (κ3) is 6.06. The Morgan fingerprint density at radius 3 is 2.58 bits per heavy atom. The number of hydrogen-bond donors (Lipinski definition) is 0. The molecule has 0 saturated carbocycles. The fourth-order valence-electron chi connectivity index (χ4n) is 1.41. The van der Waals surface area contributed by atoms with Gasteiger partial charge in [0.25, 0.3) is 0 Å². The Balaban J connectivity index is 2.36. The first-order valence-corrected chi connectivity index (χ1v) is 6.25. The van der Waals surface area contributed by atoms with Gasteiger partial charge in [0.2, 0.25) is 0 Å². The number of carbonyl (C=O) groups excluding carboxylic acids is 1. The molecule has 4 heteroatoms. The van der Waals surface area contributed by atoms with Crippen molar-refractivity contribution in [2.45, 2.75) is 26.6 Å². The number of methoxy groups -OCH3 is 1. The summed E-state index contributed by atoms with van der Waals surface area (Å²) in [6.07, 6.45) is 2.93. The molecule has 104 valence electrons. The maximum Gasteiger partial charge on any atom is 0.330 e. The summed E-state index contributed by atoms with van der Waals surface area (Å²) in [5.74, 6) is 0.474. The first-order valence-electron chi connectivity index (χ1n) is 6.25. The zero-order valence-corrected chi connectivity index (χ0v) is 11.6. The molecule has 0 aliphatic heterocycles. The van der Waals surface area contributed by atoms with E-state index in [0.29, 0.717) is 13.2 Å². The molecule has 1 aromatic carbocycles. The summed E-state index contributed by atoms with van der Waals surface area (Å²) in [6.45, 7) is 4.51. The van der Waals surface area contributed by atoms with Gasteiger partial charge in [-0.25, -0.2) is 4.79 Å². The lowest BCUT2D eigenvalue weighted by Gasteiger charge is -2.09. The molecule has 0 bridgehead atoms. The quantitative estimate of drug-likeness (QED) is 0.561. The second kappa shape index (κ2) is 8.32. The highest BCUT2D eigenvalue weighted by Gasteiger charge is 2.01. The van der Waals surface area contributed by atoms with Gasteiger partial charge in [0.15, 0.2) is 0 Å². The molecule has 1 rings (SSSR count). The fraction of sp³-hybridized carbons (Fsp3) is 0.400. The number of hydrogen-bond acceptors (Lipinski definition) is 4. The average Bonchev–Trinajstić information content (AvgIpc) is 2.44. The molecule has 0 aliphatic carbocycles. The minimum atomic E-state index is -0.345. The van der Waals surface area contributed by atoms with Crippen molar-refractivity contribution in [2.75, 3.05) is 13.7 Å². The molecule has 4 nitrogen and oxygen atoms in total. The molecule has 0 aromatic heterocycles. The molecule has 0 radical (unpaired) electrons. The van der Waals surface area contributed by atoms with Crippen LogP contribution in [-0.2, 0) is 20.9 Å². The number of benzene rings is 1. The maximum atomic E-state index is 11.1. The van der Waals surface area contributed by atoms with Crippen LogP contribution < -0.4 is 4.74 Å². The van der Waals surface area contributed by atoms with Gasteiger partial charge in [-0.3, -0.25) is 0 Å². The lowest BCUT2D eigenvalue weighted by molar-refractivity contribution is -0.137. The summed E-state index contributed by atoms with van der Waals surface area (Å²) in [4.78, 5) is 11.1. The second-order valence-electron chi connectivity index (χ2n) is 3.98. The Labute approximate surface area is 114 Å². The fourth-order valence-corrected chi connectivity index (χ4v) is 1.41. The van der Waals surface area contributed by atoms with Crippen molar-refractivity contribution >= 4 is 5.97 Å². The zero-order valence-electron chi connectivity index (χ0n) is 11.6. The largest absolute Gasteiger partial charge is 0.497 e. The van der Waals surface area contributed by atoms with Gasteiger partial charge >= 0.3 is 5.97 Å². The van der Waals surface area contributed by atoms with Gasteiger partial charge in [-0.15, -0.1) is 0 Å². The minimum Gasteiger partial charge on any atom is -0.497 e. The summed E-state index contributed by atoms with van der Waals surface area (Å²) >= 11 is 0. The summed E-state index contributed by atoms with van der Waals surface area (Å²) < 4.78 is 15.5. The van der Waals surface area contributed by atoms with Gasteiger partial charge in [-0.2, -0.15) is 0 Å². The lowest BCUT2D eigenvalue weighted by Crippen LogP contribution is -2.06. The van der Waals surface area contributed by atoms with E-state index >= 15 is 0 Å². The number of rotatable bonds is 7. The van der Waals surface area contributed by atoms with E-state index in [2.05, 4.69) is 0 Å². The summed E-state index contributed by atoms with van der Waals surface area (Å²) in [5, 5.41) is 0. The molecule has 0 heterocycles. The van der Waals surface area contributed by atoms with Crippen molar-refractivity contribution in [3.05, 3.63) is 42.0 Å². The Morgan fingerprint density at radius 1 is 1.32 bits per heavy atom. The summed E-state index contributed by atoms with van der Waals surface area (Å²) in [5.41, 5.74) is 1.05. The Morgan fingerprint density at radius 2 is 2.00 bits per heavy atom. The number of ether oxygens (including phenoxy) is 3. The topological polar surface area (TPSA) is 44.8 Å². The van der Waals surface area contributed by atoms with Crippen LogP contribution in [0, 0.1) is 0 Å². The normalized spacial score (nSPS) is 12.4. The van der Waals surface area contributed by atoms with Gasteiger partial charge in [0, 0.05) is 6.08 Å². The third-order valence-electron chi connectivity index (χ3n) is 2.46. The molecule has 0 fully saturated rings. The van der Waals surface area contributed by atoms with E-state index in [0.717, 1.165) is 11.3 Å². The van der Waals surface area contributed by atoms with Crippen LogP contribution in [0.5, 0.6) is 5.75 Å². The van der Waals surface area contributed by atoms with Crippen LogP contribution in [0.3, 0.4) is 0 Å². The molecular formula is C15H20O4. The molecule has 1 aromatic rings. The van der Waals surface area contributed by atoms with Gasteiger partial charge in [0.05, 0.1) is 26.4 Å². The monoisotopic (exact) mass is 264 g/mol. The highest BCUT2D eigenvalue weighted by molar-refractivity contribution is 5.81.